The van der Waals surface area contributed by atoms with Crippen molar-refractivity contribution in [2.45, 2.75) is 45.8 Å². The topological polar surface area (TPSA) is 160 Å². The highest BCUT2D eigenvalue weighted by molar-refractivity contribution is 5.97. The monoisotopic (exact) mass is 501 g/mol. The zero-order valence-corrected chi connectivity index (χ0v) is 20.5. The van der Waals surface area contributed by atoms with Crippen LogP contribution in [0.15, 0.2) is 47.9 Å². The molecule has 5 N–H and O–H groups in total. The molecule has 0 aliphatic heterocycles. The Morgan fingerprint density at radius 3 is 2.59 bits per heavy atom. The number of anilines is 1. The van der Waals surface area contributed by atoms with Crippen molar-refractivity contribution >= 4 is 23.3 Å². The molecule has 0 bridgehead atoms. The van der Waals surface area contributed by atoms with Crippen molar-refractivity contribution in [2.75, 3.05) is 5.32 Å². The number of oxime groups is 1. The first-order valence-corrected chi connectivity index (χ1v) is 11.9. The minimum Gasteiger partial charge on any atom is -0.475 e. The third-order valence-corrected chi connectivity index (χ3v) is 6.38. The number of carbonyl (C=O) groups is 1. The number of carboxylic acids is 1. The van der Waals surface area contributed by atoms with E-state index in [4.69, 9.17) is 15.7 Å². The molecular formula is C26H27N7O4. The molecule has 1 fully saturated rings. The fourth-order valence-corrected chi connectivity index (χ4v) is 4.28. The Bertz CT molecular complexity index is 1500. The van der Waals surface area contributed by atoms with Gasteiger partial charge in [-0.2, -0.15) is 4.98 Å². The van der Waals surface area contributed by atoms with Gasteiger partial charge in [0.25, 0.3) is 0 Å². The number of benzene rings is 1. The van der Waals surface area contributed by atoms with E-state index in [0.717, 1.165) is 22.3 Å². The predicted octanol–water partition coefficient (Wildman–Crippen LogP) is 3.60. The van der Waals surface area contributed by atoms with Gasteiger partial charge < -0.3 is 30.5 Å². The van der Waals surface area contributed by atoms with E-state index in [1.54, 1.807) is 6.07 Å². The van der Waals surface area contributed by atoms with Crippen LogP contribution in [-0.4, -0.2) is 41.5 Å². The number of hydrogen-bond acceptors (Lipinski definition) is 8. The van der Waals surface area contributed by atoms with Crippen LogP contribution in [0.4, 0.5) is 5.82 Å². The van der Waals surface area contributed by atoms with E-state index in [0.29, 0.717) is 29.5 Å². The van der Waals surface area contributed by atoms with Crippen LogP contribution < -0.4 is 15.8 Å². The van der Waals surface area contributed by atoms with E-state index < -0.39 is 5.97 Å². The third-order valence-electron chi connectivity index (χ3n) is 6.38. The first-order valence-electron chi connectivity index (χ1n) is 11.9. The van der Waals surface area contributed by atoms with E-state index in [9.17, 15) is 9.90 Å². The summed E-state index contributed by atoms with van der Waals surface area (Å²) >= 11 is 0. The number of carboxylic acid groups (broad SMARTS) is 1. The van der Waals surface area contributed by atoms with Crippen LogP contribution in [0.5, 0.6) is 5.88 Å². The zero-order valence-electron chi connectivity index (χ0n) is 20.5. The molecule has 3 heterocycles. The lowest BCUT2D eigenvalue weighted by molar-refractivity contribution is 0.0682. The minimum absolute atomic E-state index is 0.0309. The lowest BCUT2D eigenvalue weighted by atomic mass is 9.99. The first kappa shape index (κ1) is 24.0. The molecule has 0 saturated heterocycles. The number of rotatable bonds is 9. The molecule has 190 valence electrons. The van der Waals surface area contributed by atoms with Crippen LogP contribution in [0.2, 0.25) is 0 Å². The van der Waals surface area contributed by atoms with Crippen molar-refractivity contribution in [2.24, 2.45) is 10.9 Å². The Balaban J connectivity index is 1.32. The van der Waals surface area contributed by atoms with Crippen LogP contribution in [-0.2, 0) is 13.2 Å². The van der Waals surface area contributed by atoms with Gasteiger partial charge in [0.15, 0.2) is 5.84 Å². The molecule has 11 heteroatoms. The van der Waals surface area contributed by atoms with Crippen LogP contribution in [0, 0.1) is 13.8 Å². The second-order valence-corrected chi connectivity index (χ2v) is 9.17. The average Bonchev–Trinajstić information content (AvgIpc) is 3.65. The molecule has 1 aromatic carbocycles. The van der Waals surface area contributed by atoms with Crippen molar-refractivity contribution in [1.82, 2.24) is 19.4 Å². The predicted molar refractivity (Wildman–Crippen MR) is 136 cm³/mol. The fraction of sp³-hybridized carbons (Fsp3) is 0.269. The van der Waals surface area contributed by atoms with E-state index in [1.165, 1.54) is 18.4 Å². The Labute approximate surface area is 212 Å². The highest BCUT2D eigenvalue weighted by atomic mass is 16.5. The molecule has 4 aromatic rings. The van der Waals surface area contributed by atoms with Crippen LogP contribution in [0.3, 0.4) is 0 Å². The number of nitrogens with zero attached hydrogens (tertiary/aromatic N) is 5. The van der Waals surface area contributed by atoms with Gasteiger partial charge in [0.2, 0.25) is 11.7 Å². The maximum Gasteiger partial charge on any atom is 0.374 e. The standard InChI is InChI=1S/C26H27N7O4/c1-14-7-18(24(27)32-36)8-15(2)20(14)10-28-21-9-23(31-25(30-21)26(34)35)37-13-19-12-33-11-17(16-3-4-16)5-6-22(33)29-19/h5-9,11-12,16,36H,3-4,10,13H2,1-2H3,(H2,27,32)(H,34,35)(H,28,30,31). The molecule has 0 unspecified atom stereocenters. The number of aromatic carboxylic acids is 1. The molecule has 0 spiro atoms. The molecule has 0 amide bonds. The van der Waals surface area contributed by atoms with E-state index in [-0.39, 0.29) is 24.1 Å². The SMILES string of the molecule is Cc1cc(/C(N)=N/O)cc(C)c1CNc1cc(OCc2cn3cc(C4CC4)ccc3n2)nc(C(=O)O)n1. The quantitative estimate of drug-likeness (QED) is 0.116. The Morgan fingerprint density at radius 2 is 1.92 bits per heavy atom. The summed E-state index contributed by atoms with van der Waals surface area (Å²) in [7, 11) is 0. The molecule has 0 atom stereocenters. The summed E-state index contributed by atoms with van der Waals surface area (Å²) < 4.78 is 7.80. The molecule has 37 heavy (non-hydrogen) atoms. The van der Waals surface area contributed by atoms with Gasteiger partial charge in [-0.15, -0.1) is 0 Å². The van der Waals surface area contributed by atoms with Gasteiger partial charge in [0.1, 0.15) is 18.1 Å². The average molecular weight is 502 g/mol. The highest BCUT2D eigenvalue weighted by Gasteiger charge is 2.23. The van der Waals surface area contributed by atoms with Crippen molar-refractivity contribution in [3.05, 3.63) is 82.1 Å². The maximum absolute atomic E-state index is 11.6. The number of nitrogens with two attached hydrogens (primary N) is 1. The summed E-state index contributed by atoms with van der Waals surface area (Å²) in [5, 5.41) is 24.7. The molecule has 1 aliphatic rings. The number of aryl methyl sites for hydroxylation is 2. The van der Waals surface area contributed by atoms with Gasteiger partial charge in [-0.25, -0.2) is 14.8 Å². The normalized spacial score (nSPS) is 13.6. The lowest BCUT2D eigenvalue weighted by Gasteiger charge is -2.14. The van der Waals surface area contributed by atoms with Gasteiger partial charge in [-0.1, -0.05) is 11.2 Å². The summed E-state index contributed by atoms with van der Waals surface area (Å²) in [6, 6.07) is 9.30. The molecule has 1 saturated carbocycles. The van der Waals surface area contributed by atoms with Crippen molar-refractivity contribution in [3.63, 3.8) is 0 Å². The number of amidine groups is 1. The number of pyridine rings is 1. The Hall–Kier alpha value is -4.67. The molecule has 1 aliphatic carbocycles. The van der Waals surface area contributed by atoms with Crippen molar-refractivity contribution < 1.29 is 19.8 Å². The van der Waals surface area contributed by atoms with Gasteiger partial charge in [-0.3, -0.25) is 0 Å². The van der Waals surface area contributed by atoms with Crippen molar-refractivity contribution in [1.29, 1.82) is 0 Å². The molecule has 0 radical (unpaired) electrons. The summed E-state index contributed by atoms with van der Waals surface area (Å²) in [4.78, 5) is 24.3. The van der Waals surface area contributed by atoms with E-state index in [1.807, 2.05) is 42.6 Å². The zero-order chi connectivity index (χ0) is 26.1. The van der Waals surface area contributed by atoms with E-state index >= 15 is 0 Å². The van der Waals surface area contributed by atoms with Gasteiger partial charge >= 0.3 is 5.97 Å². The van der Waals surface area contributed by atoms with Crippen LogP contribution in [0.25, 0.3) is 5.65 Å². The number of ether oxygens (including phenoxy) is 1. The van der Waals surface area contributed by atoms with Gasteiger partial charge in [0, 0.05) is 30.6 Å². The summed E-state index contributed by atoms with van der Waals surface area (Å²) in [5.74, 6) is -0.523. The number of hydrogen-bond donors (Lipinski definition) is 4. The highest BCUT2D eigenvalue weighted by Crippen LogP contribution is 2.39. The Morgan fingerprint density at radius 1 is 1.16 bits per heavy atom. The largest absolute Gasteiger partial charge is 0.475 e. The minimum atomic E-state index is -1.26. The molecule has 11 nitrogen and oxygen atoms in total. The smallest absolute Gasteiger partial charge is 0.374 e. The number of imidazole rings is 1. The second kappa shape index (κ2) is 9.76. The molecule has 5 rings (SSSR count). The number of aromatic nitrogens is 4. The number of nitrogens with one attached hydrogen (secondary N) is 1. The lowest BCUT2D eigenvalue weighted by Crippen LogP contribution is -2.15. The van der Waals surface area contributed by atoms with Crippen LogP contribution >= 0.6 is 0 Å². The summed E-state index contributed by atoms with van der Waals surface area (Å²) in [6.07, 6.45) is 6.46. The Kier molecular flexibility index (Phi) is 6.34. The number of fused-ring (bicyclic) bond motifs is 1. The summed E-state index contributed by atoms with van der Waals surface area (Å²) in [5.41, 5.74) is 12.0. The molecule has 3 aromatic heterocycles. The van der Waals surface area contributed by atoms with Gasteiger partial charge in [-0.05, 0) is 73.1 Å². The second-order valence-electron chi connectivity index (χ2n) is 9.17. The fourth-order valence-electron chi connectivity index (χ4n) is 4.28. The molecular weight excluding hydrogens is 474 g/mol. The van der Waals surface area contributed by atoms with Crippen LogP contribution in [0.1, 0.15) is 62.9 Å². The summed E-state index contributed by atoms with van der Waals surface area (Å²) in [6.45, 7) is 4.33. The first-order chi connectivity index (χ1) is 17.8. The maximum atomic E-state index is 11.6. The third kappa shape index (κ3) is 5.30. The van der Waals surface area contributed by atoms with E-state index in [2.05, 4.69) is 37.7 Å². The van der Waals surface area contributed by atoms with Gasteiger partial charge in [0.05, 0.1) is 5.69 Å². The van der Waals surface area contributed by atoms with Crippen molar-refractivity contribution in [3.8, 4) is 5.88 Å².